The number of carbonyl (C=O) groups excluding carboxylic acids is 2. The van der Waals surface area contributed by atoms with E-state index in [-0.39, 0.29) is 27.2 Å². The second-order valence-corrected chi connectivity index (χ2v) is 7.11. The molecule has 0 bridgehead atoms. The average molecular weight is 526 g/mol. The lowest BCUT2D eigenvalue weighted by atomic mass is 10.1. The van der Waals surface area contributed by atoms with Gasteiger partial charge in [-0.25, -0.2) is 8.78 Å². The molecule has 176 valence electrons. The molecule has 0 aliphatic rings. The Balaban J connectivity index is 2.54. The first-order valence-corrected chi connectivity index (χ1v) is 9.08. The van der Waals surface area contributed by atoms with E-state index >= 15 is 0 Å². The molecule has 15 heteroatoms. The van der Waals surface area contributed by atoms with Crippen LogP contribution in [0, 0.1) is 0 Å². The topological polar surface area (TPSA) is 52.6 Å². The Morgan fingerprint density at radius 2 is 1.39 bits per heavy atom. The van der Waals surface area contributed by atoms with Gasteiger partial charge in [-0.15, -0.1) is 0 Å². The van der Waals surface area contributed by atoms with Gasteiger partial charge in [-0.3, -0.25) is 9.59 Å². The zero-order chi connectivity index (χ0) is 24.2. The van der Waals surface area contributed by atoms with Gasteiger partial charge in [-0.2, -0.15) is 26.3 Å². The molecule has 0 aromatic heterocycles. The molecule has 0 fully saturated rings. The molecule has 1 rings (SSSR count). The van der Waals surface area contributed by atoms with E-state index in [9.17, 15) is 44.7 Å². The van der Waals surface area contributed by atoms with Crippen LogP contribution in [0.2, 0.25) is 15.1 Å². The van der Waals surface area contributed by atoms with Crippen molar-refractivity contribution in [1.29, 1.82) is 0 Å². The zero-order valence-corrected chi connectivity index (χ0v) is 17.1. The first-order chi connectivity index (χ1) is 14.0. The number of ether oxygens (including phenoxy) is 2. The summed E-state index contributed by atoms with van der Waals surface area (Å²) < 4.78 is 111. The van der Waals surface area contributed by atoms with E-state index < -0.39 is 55.6 Å². The highest BCUT2D eigenvalue weighted by Crippen LogP contribution is 2.48. The molecule has 4 nitrogen and oxygen atoms in total. The van der Waals surface area contributed by atoms with Gasteiger partial charge in [-0.05, 0) is 12.5 Å². The van der Waals surface area contributed by atoms with Gasteiger partial charge in [0.25, 0.3) is 0 Å². The van der Waals surface area contributed by atoms with E-state index in [2.05, 4.69) is 4.74 Å². The molecule has 0 aliphatic heterocycles. The number of esters is 2. The molecule has 0 aliphatic carbocycles. The van der Waals surface area contributed by atoms with Crippen LogP contribution in [0.3, 0.4) is 0 Å². The van der Waals surface area contributed by atoms with E-state index in [0.29, 0.717) is 0 Å². The lowest BCUT2D eigenvalue weighted by molar-refractivity contribution is -0.344. The number of alkyl halides is 8. The fraction of sp³-hybridized carbons (Fsp3) is 0.500. The van der Waals surface area contributed by atoms with Gasteiger partial charge < -0.3 is 9.47 Å². The van der Waals surface area contributed by atoms with Crippen LogP contribution in [0.15, 0.2) is 12.1 Å². The van der Waals surface area contributed by atoms with Crippen molar-refractivity contribution in [2.45, 2.75) is 43.5 Å². The fourth-order valence-electron chi connectivity index (χ4n) is 1.85. The third-order valence-electron chi connectivity index (χ3n) is 3.53. The minimum absolute atomic E-state index is 0.00703. The summed E-state index contributed by atoms with van der Waals surface area (Å²) in [6, 6.07) is 2.30. The molecule has 0 amide bonds. The number of halogens is 11. The first-order valence-electron chi connectivity index (χ1n) is 7.95. The Morgan fingerprint density at radius 3 is 1.94 bits per heavy atom. The maximum absolute atomic E-state index is 13.3. The van der Waals surface area contributed by atoms with Crippen molar-refractivity contribution >= 4 is 46.7 Å². The van der Waals surface area contributed by atoms with Gasteiger partial charge in [0.2, 0.25) is 0 Å². The van der Waals surface area contributed by atoms with Gasteiger partial charge in [0.1, 0.15) is 0 Å². The predicted octanol–water partition coefficient (Wildman–Crippen LogP) is 6.44. The molecular formula is C16H11Cl3F8O4. The molecular weight excluding hydrogens is 515 g/mol. The first kappa shape index (κ1) is 27.5. The maximum Gasteiger partial charge on any atom is 0.381 e. The van der Waals surface area contributed by atoms with Crippen LogP contribution >= 0.6 is 34.8 Å². The minimum atomic E-state index is -6.49. The number of carbonyl (C=O) groups is 2. The van der Waals surface area contributed by atoms with Crippen LogP contribution in [0.5, 0.6) is 5.75 Å². The molecule has 31 heavy (non-hydrogen) atoms. The van der Waals surface area contributed by atoms with Crippen molar-refractivity contribution in [1.82, 2.24) is 0 Å². The van der Waals surface area contributed by atoms with Gasteiger partial charge >= 0.3 is 36.1 Å². The maximum atomic E-state index is 13.3. The number of hydrogen-bond donors (Lipinski definition) is 0. The molecule has 0 heterocycles. The molecule has 0 spiro atoms. The highest BCUT2D eigenvalue weighted by molar-refractivity contribution is 6.43. The van der Waals surface area contributed by atoms with E-state index in [1.807, 2.05) is 0 Å². The quantitative estimate of drug-likeness (QED) is 0.153. The average Bonchev–Trinajstić information content (AvgIpc) is 2.64. The third-order valence-corrected chi connectivity index (χ3v) is 4.54. The Morgan fingerprint density at radius 1 is 0.871 bits per heavy atom. The summed E-state index contributed by atoms with van der Waals surface area (Å²) in [7, 11) is 0. The summed E-state index contributed by atoms with van der Waals surface area (Å²) in [5, 5.41) is 0.00131. The lowest BCUT2D eigenvalue weighted by Crippen LogP contribution is -2.59. The Hall–Kier alpha value is -1.53. The third kappa shape index (κ3) is 6.72. The number of benzene rings is 1. The molecule has 1 aromatic carbocycles. The molecule has 0 radical (unpaired) electrons. The predicted molar refractivity (Wildman–Crippen MR) is 92.8 cm³/mol. The van der Waals surface area contributed by atoms with Gasteiger partial charge in [0.15, 0.2) is 12.4 Å². The van der Waals surface area contributed by atoms with Gasteiger partial charge in [0, 0.05) is 18.9 Å². The largest absolute Gasteiger partial charge is 0.459 e. The SMILES string of the molecule is O=C(CCCC(=O)Oc1cc(Cl)c(Cl)cc1Cl)OCC(F)(F)C(F)(F)C(F)(F)C(F)F. The van der Waals surface area contributed by atoms with Crippen molar-refractivity contribution in [3.8, 4) is 5.75 Å². The normalized spacial score (nSPS) is 12.8. The van der Waals surface area contributed by atoms with E-state index in [4.69, 9.17) is 39.5 Å². The summed E-state index contributed by atoms with van der Waals surface area (Å²) in [6.07, 6.45) is -6.75. The summed E-state index contributed by atoms with van der Waals surface area (Å²) in [5.41, 5.74) is 0. The zero-order valence-electron chi connectivity index (χ0n) is 14.9. The lowest BCUT2D eigenvalue weighted by Gasteiger charge is -2.31. The van der Waals surface area contributed by atoms with E-state index in [1.54, 1.807) is 0 Å². The Bertz CT molecular complexity index is 820. The highest BCUT2D eigenvalue weighted by atomic mass is 35.5. The molecule has 0 saturated carbocycles. The molecule has 1 aromatic rings. The minimum Gasteiger partial charge on any atom is -0.459 e. The second kappa shape index (κ2) is 10.4. The van der Waals surface area contributed by atoms with Crippen molar-refractivity contribution in [2.24, 2.45) is 0 Å². The molecule has 0 N–H and O–H groups in total. The standard InChI is InChI=1S/C16H11Cl3F8O4/c17-7-4-9(19)10(5-8(7)18)31-12(29)3-1-2-11(28)30-6-14(22,23)16(26,27)15(24,25)13(20)21/h4-5,13H,1-3,6H2. The van der Waals surface area contributed by atoms with Crippen LogP contribution in [-0.4, -0.2) is 42.7 Å². The summed E-state index contributed by atoms with van der Waals surface area (Å²) in [6.45, 7) is -2.58. The van der Waals surface area contributed by atoms with Crippen molar-refractivity contribution < 1.29 is 54.2 Å². The molecule has 0 saturated heterocycles. The summed E-state index contributed by atoms with van der Waals surface area (Å²) in [4.78, 5) is 23.0. The van der Waals surface area contributed by atoms with Crippen LogP contribution in [0.1, 0.15) is 19.3 Å². The fourth-order valence-corrected chi connectivity index (χ4v) is 2.42. The van der Waals surface area contributed by atoms with Crippen molar-refractivity contribution in [2.75, 3.05) is 6.61 Å². The Labute approximate surface area is 184 Å². The van der Waals surface area contributed by atoms with Gasteiger partial charge in [0.05, 0.1) is 15.1 Å². The highest BCUT2D eigenvalue weighted by Gasteiger charge is 2.75. The van der Waals surface area contributed by atoms with E-state index in [0.717, 1.165) is 6.07 Å². The molecule has 0 atom stereocenters. The summed E-state index contributed by atoms with van der Waals surface area (Å²) >= 11 is 17.2. The van der Waals surface area contributed by atoms with Crippen LogP contribution < -0.4 is 4.74 Å². The summed E-state index contributed by atoms with van der Waals surface area (Å²) in [5.74, 6) is -21.3. The van der Waals surface area contributed by atoms with Gasteiger partial charge in [-0.1, -0.05) is 34.8 Å². The van der Waals surface area contributed by atoms with E-state index in [1.165, 1.54) is 6.07 Å². The molecule has 0 unspecified atom stereocenters. The van der Waals surface area contributed by atoms with Crippen molar-refractivity contribution in [3.05, 3.63) is 27.2 Å². The smallest absolute Gasteiger partial charge is 0.381 e. The van der Waals surface area contributed by atoms with Crippen LogP contribution in [0.25, 0.3) is 0 Å². The van der Waals surface area contributed by atoms with Crippen molar-refractivity contribution in [3.63, 3.8) is 0 Å². The Kier molecular flexibility index (Phi) is 9.22. The monoisotopic (exact) mass is 524 g/mol. The number of hydrogen-bond acceptors (Lipinski definition) is 4. The van der Waals surface area contributed by atoms with Crippen LogP contribution in [0.4, 0.5) is 35.1 Å². The second-order valence-electron chi connectivity index (χ2n) is 5.89. The van der Waals surface area contributed by atoms with Crippen LogP contribution in [-0.2, 0) is 14.3 Å². The number of rotatable bonds is 10.